The Morgan fingerprint density at radius 3 is 1.11 bits per heavy atom. The average molecular weight is 841 g/mol. The lowest BCUT2D eigenvalue weighted by Crippen LogP contribution is -2.49. The predicted molar refractivity (Wildman–Crippen MR) is 238 cm³/mol. The van der Waals surface area contributed by atoms with Gasteiger partial charge in [0.2, 0.25) is 0 Å². The third-order valence-electron chi connectivity index (χ3n) is 12.7. The number of hydrogen-bond acceptors (Lipinski definition) is 8. The Morgan fingerprint density at radius 1 is 0.500 bits per heavy atom. The summed E-state index contributed by atoms with van der Waals surface area (Å²) in [6.45, 7) is 17.9. The van der Waals surface area contributed by atoms with E-state index in [4.69, 9.17) is 0 Å². The van der Waals surface area contributed by atoms with Crippen LogP contribution in [0.15, 0.2) is 84.9 Å². The minimum Gasteiger partial charge on any atom is -0.368 e. The number of anilines is 2. The van der Waals surface area contributed by atoms with Gasteiger partial charge in [-0.2, -0.15) is 0 Å². The van der Waals surface area contributed by atoms with Gasteiger partial charge in [0.1, 0.15) is 11.1 Å². The minimum atomic E-state index is -1.07. The Hall–Kier alpha value is -6.70. The lowest BCUT2D eigenvalue weighted by atomic mass is 9.87. The predicted octanol–water partition coefficient (Wildman–Crippen LogP) is 5.42. The van der Waals surface area contributed by atoms with Crippen molar-refractivity contribution in [2.75, 3.05) is 62.2 Å². The molecule has 0 saturated carbocycles. The molecule has 14 heteroatoms. The Labute approximate surface area is 363 Å². The van der Waals surface area contributed by atoms with Crippen LogP contribution < -0.4 is 31.1 Å². The van der Waals surface area contributed by atoms with Gasteiger partial charge in [-0.15, -0.1) is 0 Å². The van der Waals surface area contributed by atoms with Gasteiger partial charge in [-0.05, 0) is 99.2 Å². The number of imide groups is 2. The molecule has 4 fully saturated rings. The zero-order valence-corrected chi connectivity index (χ0v) is 36.4. The fraction of sp³-hybridized carbons (Fsp3) is 0.375. The maximum Gasteiger partial charge on any atom is 0.322 e. The second-order valence-corrected chi connectivity index (χ2v) is 16.6. The minimum absolute atomic E-state index is 0.0164. The first-order valence-electron chi connectivity index (χ1n) is 21.4. The molecule has 14 nitrogen and oxygen atoms in total. The second-order valence-electron chi connectivity index (χ2n) is 16.6. The summed E-state index contributed by atoms with van der Waals surface area (Å²) in [5.41, 5.74) is 7.82. The molecule has 62 heavy (non-hydrogen) atoms. The number of urea groups is 2. The first-order valence-corrected chi connectivity index (χ1v) is 21.4. The summed E-state index contributed by atoms with van der Waals surface area (Å²) in [6.07, 6.45) is 0.858. The normalized spacial score (nSPS) is 21.1. The fourth-order valence-corrected chi connectivity index (χ4v) is 9.08. The van der Waals surface area contributed by atoms with E-state index in [1.165, 1.54) is 33.6 Å². The molecule has 4 N–H and O–H groups in total. The van der Waals surface area contributed by atoms with Crippen molar-refractivity contribution in [3.8, 4) is 0 Å². The van der Waals surface area contributed by atoms with E-state index in [0.29, 0.717) is 61.3 Å². The van der Waals surface area contributed by atoms with Gasteiger partial charge in [0, 0.05) is 74.9 Å². The summed E-state index contributed by atoms with van der Waals surface area (Å²) < 4.78 is 0. The van der Waals surface area contributed by atoms with E-state index in [-0.39, 0.29) is 23.6 Å². The zero-order chi connectivity index (χ0) is 44.3. The molecular formula is C48H56N8O6. The van der Waals surface area contributed by atoms with E-state index in [2.05, 4.69) is 95.2 Å². The molecule has 0 aromatic heterocycles. The van der Waals surface area contributed by atoms with Crippen molar-refractivity contribution in [2.24, 2.45) is 0 Å². The van der Waals surface area contributed by atoms with Crippen LogP contribution in [-0.2, 0) is 20.7 Å². The van der Waals surface area contributed by atoms with E-state index < -0.39 is 23.1 Å². The lowest BCUT2D eigenvalue weighted by Gasteiger charge is -2.37. The Kier molecular flexibility index (Phi) is 12.4. The van der Waals surface area contributed by atoms with Crippen molar-refractivity contribution >= 4 is 47.1 Å². The van der Waals surface area contributed by atoms with Crippen LogP contribution in [0.3, 0.4) is 0 Å². The van der Waals surface area contributed by atoms with Crippen LogP contribution in [-0.4, -0.2) is 97.8 Å². The van der Waals surface area contributed by atoms with Crippen LogP contribution >= 0.6 is 0 Å². The number of carbonyl (C=O) groups is 6. The van der Waals surface area contributed by atoms with Gasteiger partial charge in [-0.1, -0.05) is 73.5 Å². The average Bonchev–Trinajstić information content (AvgIpc) is 3.75. The van der Waals surface area contributed by atoms with E-state index in [9.17, 15) is 28.8 Å². The summed E-state index contributed by atoms with van der Waals surface area (Å²) in [6, 6.07) is 25.9. The van der Waals surface area contributed by atoms with E-state index in [0.717, 1.165) is 26.2 Å². The summed E-state index contributed by atoms with van der Waals surface area (Å²) in [7, 11) is 0. The molecule has 4 aliphatic rings. The van der Waals surface area contributed by atoms with Crippen LogP contribution in [0.5, 0.6) is 0 Å². The lowest BCUT2D eigenvalue weighted by molar-refractivity contribution is -0.125. The highest BCUT2D eigenvalue weighted by atomic mass is 16.2. The monoisotopic (exact) mass is 840 g/mol. The summed E-state index contributed by atoms with van der Waals surface area (Å²) in [5.74, 6) is -0.752. The zero-order valence-electron chi connectivity index (χ0n) is 36.4. The SMILES string of the molecule is CC[C@@]1(c2ccc(C(=O)N3CCN(c4ccc(C)cc4C)CC3)cc2)NC(=O)NC1=O.CC[C@]1(c2ccc(C(=O)N3CCN(c4ccc(C)cc4C)CC3)cc2)NC(=O)NC1=O. The summed E-state index contributed by atoms with van der Waals surface area (Å²) in [4.78, 5) is 82.3. The molecule has 0 radical (unpaired) electrons. The molecule has 2 atom stereocenters. The number of piperazine rings is 2. The molecule has 4 aromatic carbocycles. The van der Waals surface area contributed by atoms with E-state index in [1.54, 1.807) is 48.5 Å². The number of carbonyl (C=O) groups excluding carboxylic acids is 6. The van der Waals surface area contributed by atoms with Crippen LogP contribution in [0.1, 0.15) is 80.8 Å². The highest BCUT2D eigenvalue weighted by molar-refractivity contribution is 6.08. The maximum absolute atomic E-state index is 13.0. The Balaban J connectivity index is 0.000000186. The molecule has 8 amide bonds. The van der Waals surface area contributed by atoms with Crippen molar-refractivity contribution < 1.29 is 28.8 Å². The number of rotatable bonds is 8. The third kappa shape index (κ3) is 8.46. The molecular weight excluding hydrogens is 785 g/mol. The van der Waals surface area contributed by atoms with Gasteiger partial charge in [-0.3, -0.25) is 29.8 Å². The van der Waals surface area contributed by atoms with Gasteiger partial charge < -0.3 is 30.2 Å². The van der Waals surface area contributed by atoms with Crippen molar-refractivity contribution in [3.63, 3.8) is 0 Å². The molecule has 0 bridgehead atoms. The van der Waals surface area contributed by atoms with Gasteiger partial charge in [-0.25, -0.2) is 9.59 Å². The fourth-order valence-electron chi connectivity index (χ4n) is 9.08. The quantitative estimate of drug-likeness (QED) is 0.171. The largest absolute Gasteiger partial charge is 0.368 e. The standard InChI is InChI=1S/2C24H28N4O3/c2*1-4-24(22(30)25-23(31)26-24)19-8-6-18(7-9-19)21(29)28-13-11-27(12-14-28)20-10-5-16(2)15-17(20)3/h2*5-10,15H,4,11-14H2,1-3H3,(H2,25,26,30,31)/t2*24-/m10/s1. The Bertz CT molecular complexity index is 2220. The highest BCUT2D eigenvalue weighted by Gasteiger charge is 2.47. The summed E-state index contributed by atoms with van der Waals surface area (Å²) >= 11 is 0. The molecule has 4 saturated heterocycles. The van der Waals surface area contributed by atoms with Crippen molar-refractivity contribution in [2.45, 2.75) is 65.5 Å². The summed E-state index contributed by atoms with van der Waals surface area (Å²) in [5, 5.41) is 10.1. The van der Waals surface area contributed by atoms with Crippen LogP contribution in [0, 0.1) is 27.7 Å². The first kappa shape index (κ1) is 43.4. The van der Waals surface area contributed by atoms with Gasteiger partial charge >= 0.3 is 12.1 Å². The number of nitrogens with one attached hydrogen (secondary N) is 4. The van der Waals surface area contributed by atoms with E-state index in [1.807, 2.05) is 23.6 Å². The highest BCUT2D eigenvalue weighted by Crippen LogP contribution is 2.31. The van der Waals surface area contributed by atoms with Crippen molar-refractivity contribution in [1.82, 2.24) is 31.1 Å². The molecule has 0 aliphatic carbocycles. The van der Waals surface area contributed by atoms with Crippen LogP contribution in [0.2, 0.25) is 0 Å². The molecule has 0 spiro atoms. The topological polar surface area (TPSA) is 163 Å². The maximum atomic E-state index is 13.0. The molecule has 4 heterocycles. The Morgan fingerprint density at radius 2 is 0.839 bits per heavy atom. The molecule has 4 aliphatic heterocycles. The first-order chi connectivity index (χ1) is 29.7. The number of benzene rings is 4. The molecule has 0 unspecified atom stereocenters. The molecule has 4 aromatic rings. The van der Waals surface area contributed by atoms with E-state index >= 15 is 0 Å². The van der Waals surface area contributed by atoms with Crippen LogP contribution in [0.25, 0.3) is 0 Å². The van der Waals surface area contributed by atoms with Crippen LogP contribution in [0.4, 0.5) is 21.0 Å². The van der Waals surface area contributed by atoms with Crippen molar-refractivity contribution in [3.05, 3.63) is 129 Å². The van der Waals surface area contributed by atoms with Gasteiger partial charge in [0.05, 0.1) is 0 Å². The smallest absolute Gasteiger partial charge is 0.322 e. The molecule has 8 rings (SSSR count). The second kappa shape index (κ2) is 17.7. The number of nitrogens with zero attached hydrogens (tertiary/aromatic N) is 4. The number of aryl methyl sites for hydroxylation is 4. The number of amides is 8. The van der Waals surface area contributed by atoms with Crippen molar-refractivity contribution in [1.29, 1.82) is 0 Å². The third-order valence-corrected chi connectivity index (χ3v) is 12.7. The van der Waals surface area contributed by atoms with Gasteiger partial charge in [0.25, 0.3) is 23.6 Å². The number of hydrogen-bond donors (Lipinski definition) is 4. The molecule has 324 valence electrons. The van der Waals surface area contributed by atoms with Gasteiger partial charge in [0.15, 0.2) is 0 Å².